The van der Waals surface area contributed by atoms with Crippen LogP contribution in [0.1, 0.15) is 5.01 Å². The molecule has 1 atom stereocenters. The SMILES string of the molecule is COCCN1C[C@H]2CN(Cc3nccs3)CCN2C1=O. The number of amides is 2. The summed E-state index contributed by atoms with van der Waals surface area (Å²) in [5.74, 6) is 0. The second kappa shape index (κ2) is 6.07. The van der Waals surface area contributed by atoms with Crippen LogP contribution >= 0.6 is 11.3 Å². The quantitative estimate of drug-likeness (QED) is 0.803. The summed E-state index contributed by atoms with van der Waals surface area (Å²) in [5, 5.41) is 3.16. The smallest absolute Gasteiger partial charge is 0.320 e. The second-order valence-corrected chi connectivity index (χ2v) is 6.21. The van der Waals surface area contributed by atoms with Crippen LogP contribution in [0.25, 0.3) is 0 Å². The van der Waals surface area contributed by atoms with Crippen molar-refractivity contribution in [3.05, 3.63) is 16.6 Å². The molecule has 0 aliphatic carbocycles. The number of nitrogens with zero attached hydrogens (tertiary/aromatic N) is 4. The molecule has 2 aliphatic heterocycles. The summed E-state index contributed by atoms with van der Waals surface area (Å²) in [6.45, 7) is 5.70. The molecule has 3 rings (SSSR count). The molecule has 2 saturated heterocycles. The average Bonchev–Trinajstić information content (AvgIpc) is 3.05. The molecule has 3 heterocycles. The fraction of sp³-hybridized carbons (Fsp3) is 0.692. The van der Waals surface area contributed by atoms with Crippen LogP contribution in [0.4, 0.5) is 4.79 Å². The lowest BCUT2D eigenvalue weighted by molar-refractivity contribution is 0.116. The van der Waals surface area contributed by atoms with Gasteiger partial charge in [0.1, 0.15) is 5.01 Å². The average molecular weight is 296 g/mol. The van der Waals surface area contributed by atoms with Crippen LogP contribution in [0, 0.1) is 0 Å². The number of ether oxygens (including phenoxy) is 1. The van der Waals surface area contributed by atoms with Gasteiger partial charge in [0.2, 0.25) is 0 Å². The largest absolute Gasteiger partial charge is 0.383 e. The third-order valence-electron chi connectivity index (χ3n) is 3.92. The van der Waals surface area contributed by atoms with E-state index in [1.54, 1.807) is 18.4 Å². The molecule has 1 aromatic rings. The first-order chi connectivity index (χ1) is 9.78. The Labute approximate surface area is 122 Å². The summed E-state index contributed by atoms with van der Waals surface area (Å²) in [6, 6.07) is 0.481. The molecule has 1 aromatic heterocycles. The molecule has 0 radical (unpaired) electrons. The van der Waals surface area contributed by atoms with E-state index in [1.165, 1.54) is 0 Å². The van der Waals surface area contributed by atoms with Crippen molar-refractivity contribution < 1.29 is 9.53 Å². The Morgan fingerprint density at radius 2 is 2.35 bits per heavy atom. The second-order valence-electron chi connectivity index (χ2n) is 5.23. The van der Waals surface area contributed by atoms with Gasteiger partial charge in [-0.05, 0) is 0 Å². The molecule has 110 valence electrons. The number of rotatable bonds is 5. The van der Waals surface area contributed by atoms with Crippen molar-refractivity contribution in [3.8, 4) is 0 Å². The van der Waals surface area contributed by atoms with E-state index in [-0.39, 0.29) is 6.03 Å². The number of carbonyl (C=O) groups is 1. The van der Waals surface area contributed by atoms with Crippen molar-refractivity contribution >= 4 is 17.4 Å². The number of thiazole rings is 1. The minimum absolute atomic E-state index is 0.168. The van der Waals surface area contributed by atoms with Crippen molar-refractivity contribution in [2.45, 2.75) is 12.6 Å². The van der Waals surface area contributed by atoms with E-state index in [0.29, 0.717) is 19.2 Å². The van der Waals surface area contributed by atoms with Crippen LogP contribution in [0.15, 0.2) is 11.6 Å². The molecule has 0 bridgehead atoms. The summed E-state index contributed by atoms with van der Waals surface area (Å²) in [6.07, 6.45) is 1.85. The van der Waals surface area contributed by atoms with Crippen molar-refractivity contribution in [1.82, 2.24) is 19.7 Å². The highest BCUT2D eigenvalue weighted by Crippen LogP contribution is 2.21. The maximum Gasteiger partial charge on any atom is 0.320 e. The Bertz CT molecular complexity index is 453. The Morgan fingerprint density at radius 1 is 1.45 bits per heavy atom. The van der Waals surface area contributed by atoms with Gasteiger partial charge in [0.15, 0.2) is 0 Å². The Hall–Kier alpha value is -1.18. The van der Waals surface area contributed by atoms with Gasteiger partial charge >= 0.3 is 6.03 Å². The third-order valence-corrected chi connectivity index (χ3v) is 4.69. The van der Waals surface area contributed by atoms with Crippen LogP contribution in [-0.4, -0.2) is 78.2 Å². The zero-order valence-corrected chi connectivity index (χ0v) is 12.5. The van der Waals surface area contributed by atoms with E-state index in [0.717, 1.165) is 37.7 Å². The highest BCUT2D eigenvalue weighted by Gasteiger charge is 2.40. The standard InChI is InChI=1S/C13H20N4O2S/c1-19-6-5-16-9-11-8-15(3-4-17(11)13(16)18)10-12-14-2-7-20-12/h2,7,11H,3-6,8-10H2,1H3/t11-/m1/s1. The highest BCUT2D eigenvalue weighted by atomic mass is 32.1. The lowest BCUT2D eigenvalue weighted by atomic mass is 10.2. The fourth-order valence-electron chi connectivity index (χ4n) is 2.90. The van der Waals surface area contributed by atoms with E-state index >= 15 is 0 Å². The molecule has 2 aliphatic rings. The van der Waals surface area contributed by atoms with Gasteiger partial charge in [0.25, 0.3) is 0 Å². The molecule has 0 spiro atoms. The van der Waals surface area contributed by atoms with Crippen LogP contribution in [-0.2, 0) is 11.3 Å². The molecule has 0 unspecified atom stereocenters. The Morgan fingerprint density at radius 3 is 3.10 bits per heavy atom. The van der Waals surface area contributed by atoms with Crippen molar-refractivity contribution in [3.63, 3.8) is 0 Å². The molecular formula is C13H20N4O2S. The third kappa shape index (κ3) is 2.79. The molecule has 20 heavy (non-hydrogen) atoms. The van der Waals surface area contributed by atoms with E-state index in [1.807, 2.05) is 21.4 Å². The highest BCUT2D eigenvalue weighted by molar-refractivity contribution is 7.09. The van der Waals surface area contributed by atoms with Crippen molar-refractivity contribution in [2.75, 3.05) is 46.4 Å². The van der Waals surface area contributed by atoms with Crippen LogP contribution < -0.4 is 0 Å². The van der Waals surface area contributed by atoms with E-state index < -0.39 is 0 Å². The topological polar surface area (TPSA) is 48.9 Å². The predicted molar refractivity (Wildman–Crippen MR) is 76.7 cm³/mol. The molecule has 0 aromatic carbocycles. The van der Waals surface area contributed by atoms with E-state index in [2.05, 4.69) is 9.88 Å². The number of hydrogen-bond donors (Lipinski definition) is 0. The van der Waals surface area contributed by atoms with Crippen LogP contribution in [0.2, 0.25) is 0 Å². The molecule has 0 N–H and O–H groups in total. The van der Waals surface area contributed by atoms with Gasteiger partial charge in [-0.3, -0.25) is 4.90 Å². The number of methoxy groups -OCH3 is 1. The van der Waals surface area contributed by atoms with Gasteiger partial charge in [0.05, 0.1) is 19.2 Å². The number of carbonyl (C=O) groups excluding carboxylic acids is 1. The molecule has 2 amide bonds. The molecule has 0 saturated carbocycles. The zero-order chi connectivity index (χ0) is 13.9. The summed E-state index contributed by atoms with van der Waals surface area (Å²) in [4.78, 5) is 22.9. The molecule has 7 heteroatoms. The predicted octanol–water partition coefficient (Wildman–Crippen LogP) is 0.711. The first-order valence-corrected chi connectivity index (χ1v) is 7.81. The normalized spacial score (nSPS) is 23.4. The van der Waals surface area contributed by atoms with Gasteiger partial charge in [-0.2, -0.15) is 0 Å². The van der Waals surface area contributed by atoms with Crippen molar-refractivity contribution in [1.29, 1.82) is 0 Å². The van der Waals surface area contributed by atoms with Gasteiger partial charge in [0, 0.05) is 51.4 Å². The molecular weight excluding hydrogens is 276 g/mol. The maximum absolute atomic E-state index is 12.2. The zero-order valence-electron chi connectivity index (χ0n) is 11.7. The van der Waals surface area contributed by atoms with E-state index in [9.17, 15) is 4.79 Å². The lowest BCUT2D eigenvalue weighted by Gasteiger charge is -2.35. The van der Waals surface area contributed by atoms with Crippen molar-refractivity contribution in [2.24, 2.45) is 0 Å². The summed E-state index contributed by atoms with van der Waals surface area (Å²) in [7, 11) is 1.67. The number of hydrogen-bond acceptors (Lipinski definition) is 5. The first kappa shape index (κ1) is 13.8. The fourth-order valence-corrected chi connectivity index (χ4v) is 3.55. The Kier molecular flexibility index (Phi) is 4.18. The minimum atomic E-state index is 0.168. The summed E-state index contributed by atoms with van der Waals surface area (Å²) < 4.78 is 5.07. The van der Waals surface area contributed by atoms with Crippen LogP contribution in [0.3, 0.4) is 0 Å². The first-order valence-electron chi connectivity index (χ1n) is 6.93. The summed E-state index contributed by atoms with van der Waals surface area (Å²) >= 11 is 1.69. The number of piperazine rings is 1. The molecule has 2 fully saturated rings. The number of aromatic nitrogens is 1. The van der Waals surface area contributed by atoms with Gasteiger partial charge in [-0.25, -0.2) is 9.78 Å². The summed E-state index contributed by atoms with van der Waals surface area (Å²) in [5.41, 5.74) is 0. The lowest BCUT2D eigenvalue weighted by Crippen LogP contribution is -2.51. The van der Waals surface area contributed by atoms with Gasteiger partial charge in [-0.15, -0.1) is 11.3 Å². The van der Waals surface area contributed by atoms with E-state index in [4.69, 9.17) is 4.74 Å². The van der Waals surface area contributed by atoms with Crippen LogP contribution in [0.5, 0.6) is 0 Å². The van der Waals surface area contributed by atoms with Gasteiger partial charge < -0.3 is 14.5 Å². The maximum atomic E-state index is 12.2. The van der Waals surface area contributed by atoms with Gasteiger partial charge in [-0.1, -0.05) is 0 Å². The number of fused-ring (bicyclic) bond motifs is 1. The Balaban J connectivity index is 1.57. The monoisotopic (exact) mass is 296 g/mol. The molecule has 6 nitrogen and oxygen atoms in total. The number of urea groups is 1. The minimum Gasteiger partial charge on any atom is -0.383 e.